The van der Waals surface area contributed by atoms with Crippen molar-refractivity contribution in [2.75, 3.05) is 68.8 Å². The molecule has 0 saturated carbocycles. The highest BCUT2D eigenvalue weighted by atomic mass is 32.2. The van der Waals surface area contributed by atoms with E-state index in [0.29, 0.717) is 32.0 Å². The lowest BCUT2D eigenvalue weighted by molar-refractivity contribution is -0.114. The average Bonchev–Trinajstić information content (AvgIpc) is 3.46. The normalized spacial score (nSPS) is 20.3. The van der Waals surface area contributed by atoms with Gasteiger partial charge in [-0.2, -0.15) is 4.68 Å². The summed E-state index contributed by atoms with van der Waals surface area (Å²) in [6, 6.07) is 8.00. The molecular formula is C25H35N7O4S. The Morgan fingerprint density at radius 1 is 1.05 bits per heavy atom. The molecule has 4 heterocycles. The van der Waals surface area contributed by atoms with Gasteiger partial charge in [0.1, 0.15) is 0 Å². The van der Waals surface area contributed by atoms with E-state index in [-0.39, 0.29) is 17.4 Å². The van der Waals surface area contributed by atoms with Crippen LogP contribution in [0.25, 0.3) is 0 Å². The van der Waals surface area contributed by atoms with Crippen molar-refractivity contribution in [2.45, 2.75) is 26.8 Å². The quantitative estimate of drug-likeness (QED) is 0.623. The van der Waals surface area contributed by atoms with E-state index in [1.165, 1.54) is 34.7 Å². The number of rotatable bonds is 5. The fraction of sp³-hybridized carbons (Fsp3) is 0.560. The summed E-state index contributed by atoms with van der Waals surface area (Å²) in [4.78, 5) is 30.6. The van der Waals surface area contributed by atoms with E-state index in [9.17, 15) is 18.0 Å². The molecule has 1 spiro atoms. The van der Waals surface area contributed by atoms with Gasteiger partial charge in [-0.1, -0.05) is 12.1 Å². The van der Waals surface area contributed by atoms with Crippen LogP contribution < -0.4 is 10.2 Å². The largest absolute Gasteiger partial charge is 0.371 e. The lowest BCUT2D eigenvalue weighted by Crippen LogP contribution is -2.59. The van der Waals surface area contributed by atoms with Crippen LogP contribution in [0.5, 0.6) is 0 Å². The predicted molar refractivity (Wildman–Crippen MR) is 141 cm³/mol. The summed E-state index contributed by atoms with van der Waals surface area (Å²) in [6.45, 7) is 10.1. The summed E-state index contributed by atoms with van der Waals surface area (Å²) < 4.78 is 26.6. The van der Waals surface area contributed by atoms with Gasteiger partial charge in [0.2, 0.25) is 15.9 Å². The van der Waals surface area contributed by atoms with Crippen LogP contribution in [0.4, 0.5) is 16.3 Å². The molecule has 200 valence electrons. The summed E-state index contributed by atoms with van der Waals surface area (Å²) in [7, 11) is -3.12. The third kappa shape index (κ3) is 5.51. The summed E-state index contributed by atoms with van der Waals surface area (Å²) in [5.41, 5.74) is 3.76. The predicted octanol–water partition coefficient (Wildman–Crippen LogP) is 1.41. The van der Waals surface area contributed by atoms with Crippen LogP contribution >= 0.6 is 0 Å². The summed E-state index contributed by atoms with van der Waals surface area (Å²) >= 11 is 0. The number of benzene rings is 1. The second kappa shape index (κ2) is 9.73. The van der Waals surface area contributed by atoms with Crippen LogP contribution in [0, 0.1) is 12.3 Å². The van der Waals surface area contributed by atoms with Crippen LogP contribution in [0.1, 0.15) is 24.5 Å². The monoisotopic (exact) mass is 529 g/mol. The summed E-state index contributed by atoms with van der Waals surface area (Å²) in [5, 5.41) is 6.74. The minimum atomic E-state index is -3.12. The Morgan fingerprint density at radius 3 is 2.46 bits per heavy atom. The Balaban J connectivity index is 1.19. The molecule has 0 aliphatic carbocycles. The molecule has 0 radical (unpaired) electrons. The van der Waals surface area contributed by atoms with Crippen molar-refractivity contribution >= 4 is 33.5 Å². The molecule has 3 aliphatic heterocycles. The van der Waals surface area contributed by atoms with Crippen LogP contribution in [0.15, 0.2) is 30.5 Å². The summed E-state index contributed by atoms with van der Waals surface area (Å²) in [5.74, 6) is 0.135. The Kier molecular flexibility index (Phi) is 6.75. The van der Waals surface area contributed by atoms with E-state index in [4.69, 9.17) is 0 Å². The first-order valence-electron chi connectivity index (χ1n) is 12.7. The van der Waals surface area contributed by atoms with Gasteiger partial charge < -0.3 is 15.1 Å². The third-order valence-corrected chi connectivity index (χ3v) is 8.83. The first kappa shape index (κ1) is 25.7. The van der Waals surface area contributed by atoms with E-state index in [2.05, 4.69) is 45.3 Å². The number of piperazine rings is 1. The number of carbonyl (C=O) groups is 2. The smallest absolute Gasteiger partial charge is 0.344 e. The Morgan fingerprint density at radius 2 is 1.78 bits per heavy atom. The molecule has 1 aromatic carbocycles. The van der Waals surface area contributed by atoms with Crippen molar-refractivity contribution in [2.24, 2.45) is 5.41 Å². The number of hydrogen-bond acceptors (Lipinski definition) is 7. The number of carbonyl (C=O) groups excluding carboxylic acids is 2. The molecular weight excluding hydrogens is 494 g/mol. The number of aromatic nitrogens is 2. The molecule has 5 rings (SSSR count). The van der Waals surface area contributed by atoms with Gasteiger partial charge in [0, 0.05) is 89.2 Å². The molecule has 3 aliphatic rings. The molecule has 0 atom stereocenters. The maximum Gasteiger partial charge on any atom is 0.344 e. The van der Waals surface area contributed by atoms with Crippen LogP contribution in [-0.4, -0.2) is 103 Å². The van der Waals surface area contributed by atoms with Gasteiger partial charge >= 0.3 is 6.03 Å². The van der Waals surface area contributed by atoms with Gasteiger partial charge in [-0.05, 0) is 30.5 Å². The molecule has 1 N–H and O–H groups in total. The Labute approximate surface area is 218 Å². The van der Waals surface area contributed by atoms with Gasteiger partial charge in [0.15, 0.2) is 5.82 Å². The number of hydrogen-bond donors (Lipinski definition) is 1. The maximum atomic E-state index is 12.9. The van der Waals surface area contributed by atoms with E-state index >= 15 is 0 Å². The Hall–Kier alpha value is -2.96. The van der Waals surface area contributed by atoms with Crippen molar-refractivity contribution in [1.82, 2.24) is 23.9 Å². The average molecular weight is 530 g/mol. The SMILES string of the molecule is CC(=O)Nc1ccn(C(=O)N2CCN(Cc3ccc(C)cc3N3CCC4(C3)CN(S(C)(=O)=O)C4)CC2)n1. The van der Waals surface area contributed by atoms with Crippen LogP contribution in [0.2, 0.25) is 0 Å². The number of amides is 2. The highest BCUT2D eigenvalue weighted by molar-refractivity contribution is 7.88. The zero-order valence-electron chi connectivity index (χ0n) is 21.7. The molecule has 2 aromatic rings. The zero-order chi connectivity index (χ0) is 26.4. The third-order valence-electron chi connectivity index (χ3n) is 7.64. The number of aryl methyl sites for hydroxylation is 1. The molecule has 0 unspecified atom stereocenters. The van der Waals surface area contributed by atoms with Gasteiger partial charge in [-0.15, -0.1) is 5.10 Å². The van der Waals surface area contributed by atoms with E-state index < -0.39 is 10.0 Å². The molecule has 1 aromatic heterocycles. The number of nitrogens with one attached hydrogen (secondary N) is 1. The van der Waals surface area contributed by atoms with Crippen molar-refractivity contribution < 1.29 is 18.0 Å². The molecule has 11 nitrogen and oxygen atoms in total. The lowest BCUT2D eigenvalue weighted by atomic mass is 9.81. The van der Waals surface area contributed by atoms with Crippen molar-refractivity contribution in [1.29, 1.82) is 0 Å². The maximum absolute atomic E-state index is 12.9. The zero-order valence-corrected chi connectivity index (χ0v) is 22.5. The highest BCUT2D eigenvalue weighted by Gasteiger charge is 2.50. The van der Waals surface area contributed by atoms with Crippen molar-refractivity contribution in [3.8, 4) is 0 Å². The Bertz CT molecular complexity index is 1290. The topological polar surface area (TPSA) is 111 Å². The second-order valence-electron chi connectivity index (χ2n) is 10.7. The number of nitrogens with zero attached hydrogens (tertiary/aromatic N) is 6. The van der Waals surface area contributed by atoms with Gasteiger partial charge in [0.05, 0.1) is 6.26 Å². The molecule has 37 heavy (non-hydrogen) atoms. The minimum absolute atomic E-state index is 0.0579. The standard InChI is InChI=1S/C25H35N7O4S/c1-19-4-5-21(22(14-19)30-9-7-25(16-30)17-31(18-25)37(3,35)36)15-28-10-12-29(13-11-28)24(34)32-8-6-23(27-32)26-20(2)33/h4-6,8,14H,7,9-13,15-18H2,1-3H3,(H,26,27,33). The number of sulfonamides is 1. The van der Waals surface area contributed by atoms with Crippen molar-refractivity contribution in [3.05, 3.63) is 41.6 Å². The fourth-order valence-corrected chi connectivity index (χ4v) is 6.61. The first-order chi connectivity index (χ1) is 17.5. The first-order valence-corrected chi connectivity index (χ1v) is 14.5. The minimum Gasteiger partial charge on any atom is -0.371 e. The molecule has 0 bridgehead atoms. The van der Waals surface area contributed by atoms with Gasteiger partial charge in [-0.25, -0.2) is 17.5 Å². The second-order valence-corrected chi connectivity index (χ2v) is 12.7. The number of anilines is 2. The highest BCUT2D eigenvalue weighted by Crippen LogP contribution is 2.43. The van der Waals surface area contributed by atoms with Gasteiger partial charge in [0.25, 0.3) is 0 Å². The van der Waals surface area contributed by atoms with Crippen LogP contribution in [0.3, 0.4) is 0 Å². The lowest BCUT2D eigenvalue weighted by Gasteiger charge is -2.46. The van der Waals surface area contributed by atoms with Crippen molar-refractivity contribution in [3.63, 3.8) is 0 Å². The van der Waals surface area contributed by atoms with E-state index in [1.54, 1.807) is 21.5 Å². The summed E-state index contributed by atoms with van der Waals surface area (Å²) in [6.07, 6.45) is 3.86. The van der Waals surface area contributed by atoms with Crippen LogP contribution in [-0.2, 0) is 21.4 Å². The molecule has 12 heteroatoms. The van der Waals surface area contributed by atoms with E-state index in [0.717, 1.165) is 39.1 Å². The molecule has 3 fully saturated rings. The van der Waals surface area contributed by atoms with Gasteiger partial charge in [-0.3, -0.25) is 9.69 Å². The van der Waals surface area contributed by atoms with E-state index in [1.807, 2.05) is 0 Å². The molecule has 2 amide bonds. The molecule has 3 saturated heterocycles. The fourth-order valence-electron chi connectivity index (χ4n) is 5.60.